The number of hydrogen-bond acceptors (Lipinski definition) is 4. The van der Waals surface area contributed by atoms with Gasteiger partial charge in [0.05, 0.1) is 14.2 Å². The molecule has 8 rings (SSSR count). The van der Waals surface area contributed by atoms with Gasteiger partial charge in [0.15, 0.2) is 0 Å². The van der Waals surface area contributed by atoms with Crippen LogP contribution in [0.4, 0.5) is 0 Å². The van der Waals surface area contributed by atoms with Gasteiger partial charge >= 0.3 is 0 Å². The van der Waals surface area contributed by atoms with Gasteiger partial charge in [-0.05, 0) is 206 Å². The third kappa shape index (κ3) is 43.8. The van der Waals surface area contributed by atoms with Crippen LogP contribution in [0, 0.1) is 68.1 Å². The Hall–Kier alpha value is -6.36. The van der Waals surface area contributed by atoms with Crippen molar-refractivity contribution in [1.29, 1.82) is 0 Å². The minimum atomic E-state index is 0.345. The first-order valence-electron chi connectivity index (χ1n) is 32.5. The number of rotatable bonds is 18. The predicted molar refractivity (Wildman–Crippen MR) is 387 cm³/mol. The lowest BCUT2D eigenvalue weighted by atomic mass is 10.0. The van der Waals surface area contributed by atoms with E-state index in [0.29, 0.717) is 17.6 Å². The molecule has 3 nitrogen and oxygen atoms in total. The second kappa shape index (κ2) is 46.8. The minimum absolute atomic E-state index is 0.345. The van der Waals surface area contributed by atoms with Crippen LogP contribution in [0.5, 0.6) is 17.2 Å². The van der Waals surface area contributed by atoms with Crippen LogP contribution in [0.25, 0.3) is 0 Å². The zero-order valence-electron chi connectivity index (χ0n) is 58.4. The molecule has 4 heteroatoms. The van der Waals surface area contributed by atoms with Gasteiger partial charge in [0.25, 0.3) is 0 Å². The lowest BCUT2D eigenvalue weighted by molar-refractivity contribution is 0.414. The topological polar surface area (TPSA) is 38.7 Å². The molecular formula is C83H120O3S. The second-order valence-electron chi connectivity index (χ2n) is 26.7. The van der Waals surface area contributed by atoms with E-state index >= 15 is 0 Å². The van der Waals surface area contributed by atoms with E-state index in [2.05, 4.69) is 276 Å². The van der Waals surface area contributed by atoms with Crippen molar-refractivity contribution in [2.75, 3.05) is 14.2 Å². The fraction of sp³-hybridized carbons (Fsp3) is 0.446. The molecule has 87 heavy (non-hydrogen) atoms. The molecule has 0 fully saturated rings. The molecule has 1 heterocycles. The van der Waals surface area contributed by atoms with Crippen molar-refractivity contribution < 1.29 is 14.6 Å². The number of methoxy groups -OCH3 is 2. The Balaban J connectivity index is 0.000000498. The Morgan fingerprint density at radius 3 is 0.874 bits per heavy atom. The summed E-state index contributed by atoms with van der Waals surface area (Å²) in [6, 6.07) is 65.2. The van der Waals surface area contributed by atoms with Gasteiger partial charge in [-0.15, -0.1) is 11.3 Å². The van der Waals surface area contributed by atoms with Crippen molar-refractivity contribution in [3.05, 3.63) is 254 Å². The number of phenolic OH excluding ortho intramolecular Hbond substituents is 1. The van der Waals surface area contributed by atoms with E-state index < -0.39 is 0 Å². The van der Waals surface area contributed by atoms with Crippen LogP contribution >= 0.6 is 11.3 Å². The molecule has 0 bridgehead atoms. The molecule has 7 aromatic carbocycles. The van der Waals surface area contributed by atoms with E-state index in [-0.39, 0.29) is 0 Å². The number of aryl methyl sites for hydroxylation is 3. The first-order chi connectivity index (χ1) is 41.2. The van der Waals surface area contributed by atoms with Crippen molar-refractivity contribution in [2.45, 2.75) is 183 Å². The SMILES string of the molecule is CC(C)Cc1ccc(O)cc1.CC(C)Cc1ccccc1.CC(C)Cc1cccs1.COc1ccc(CC(C)C)cc1.COc1cccc(CC(C)C)c1.Cc1ccc(CC(C)C)cc1.Cc1ccc(CC(C)C)cc1.Cc1ccc(CC(C)C)cc1. The lowest BCUT2D eigenvalue weighted by Gasteiger charge is -2.06. The summed E-state index contributed by atoms with van der Waals surface area (Å²) in [6.45, 7) is 42.1. The molecule has 0 amide bonds. The van der Waals surface area contributed by atoms with Crippen molar-refractivity contribution in [3.8, 4) is 17.2 Å². The van der Waals surface area contributed by atoms with Crippen molar-refractivity contribution >= 4 is 11.3 Å². The van der Waals surface area contributed by atoms with Crippen LogP contribution in [0.1, 0.15) is 171 Å². The third-order valence-corrected chi connectivity index (χ3v) is 14.0. The molecule has 0 atom stereocenters. The molecular weight excluding hydrogens is 1080 g/mol. The molecule has 0 aliphatic carbocycles. The van der Waals surface area contributed by atoms with Gasteiger partial charge in [0, 0.05) is 4.88 Å². The largest absolute Gasteiger partial charge is 0.508 e. The average Bonchev–Trinajstić information content (AvgIpc) is 4.16. The predicted octanol–water partition coefficient (Wildman–Crippen LogP) is 23.8. The van der Waals surface area contributed by atoms with E-state index in [0.717, 1.165) is 66.3 Å². The van der Waals surface area contributed by atoms with Crippen LogP contribution in [0.3, 0.4) is 0 Å². The third-order valence-electron chi connectivity index (χ3n) is 13.1. The quantitative estimate of drug-likeness (QED) is 0.0931. The van der Waals surface area contributed by atoms with E-state index in [4.69, 9.17) is 14.6 Å². The molecule has 0 aliphatic rings. The first-order valence-corrected chi connectivity index (χ1v) is 33.4. The van der Waals surface area contributed by atoms with Gasteiger partial charge in [0.2, 0.25) is 0 Å². The van der Waals surface area contributed by atoms with E-state index in [9.17, 15) is 0 Å². The van der Waals surface area contributed by atoms with Gasteiger partial charge in [-0.3, -0.25) is 0 Å². The standard InChI is InChI=1S/2C11H16O.3C11H16.C10H14O.C10H14.C8H12S/c1-9(2)8-10-4-6-11(12-3)7-5-10;1-9(2)7-10-5-4-6-11(8-10)12-3;3*1-9(2)8-11-6-4-10(3)5-7-11;1-8(2)7-9-3-5-10(11)6-4-9;1-9(2)8-10-6-4-3-5-7-10;1-7(2)6-8-4-3-5-9-8/h4-7,9H,8H2,1-3H3;4-6,8-9H,7H2,1-3H3;3*4-7,9H,8H2,1-3H3;3-6,8,11H,7H2,1-2H3;3-7,9H,8H2,1-2H3;3-5,7H,6H2,1-2H3. The number of aromatic hydroxyl groups is 1. The van der Waals surface area contributed by atoms with Crippen LogP contribution in [-0.4, -0.2) is 19.3 Å². The summed E-state index contributed by atoms with van der Waals surface area (Å²) < 4.78 is 10.2. The summed E-state index contributed by atoms with van der Waals surface area (Å²) in [7, 11) is 3.39. The summed E-state index contributed by atoms with van der Waals surface area (Å²) in [5.74, 6) is 8.18. The molecule has 0 unspecified atom stereocenters. The summed E-state index contributed by atoms with van der Waals surface area (Å²) in [5, 5.41) is 11.1. The summed E-state index contributed by atoms with van der Waals surface area (Å²) in [5.41, 5.74) is 13.8. The molecule has 1 N–H and O–H groups in total. The second-order valence-corrected chi connectivity index (χ2v) is 27.7. The highest BCUT2D eigenvalue weighted by atomic mass is 32.1. The molecule has 1 aromatic heterocycles. The summed E-state index contributed by atoms with van der Waals surface area (Å²) in [6.07, 6.45) is 9.36. The molecule has 0 saturated carbocycles. The lowest BCUT2D eigenvalue weighted by Crippen LogP contribution is -1.94. The monoisotopic (exact) mass is 1200 g/mol. The molecule has 0 spiro atoms. The van der Waals surface area contributed by atoms with Crippen LogP contribution in [0.15, 0.2) is 193 Å². The maximum atomic E-state index is 8.99. The van der Waals surface area contributed by atoms with Crippen LogP contribution < -0.4 is 9.47 Å². The Kier molecular flexibility index (Phi) is 42.3. The van der Waals surface area contributed by atoms with Crippen LogP contribution in [0.2, 0.25) is 0 Å². The van der Waals surface area contributed by atoms with Crippen molar-refractivity contribution in [3.63, 3.8) is 0 Å². The maximum absolute atomic E-state index is 8.99. The fourth-order valence-corrected chi connectivity index (χ4v) is 10.0. The van der Waals surface area contributed by atoms with Crippen molar-refractivity contribution in [2.24, 2.45) is 47.3 Å². The number of hydrogen-bond donors (Lipinski definition) is 1. The van der Waals surface area contributed by atoms with E-state index in [1.54, 1.807) is 26.4 Å². The highest BCUT2D eigenvalue weighted by Crippen LogP contribution is 2.18. The highest BCUT2D eigenvalue weighted by molar-refractivity contribution is 7.09. The summed E-state index contributed by atoms with van der Waals surface area (Å²) >= 11 is 1.85. The van der Waals surface area contributed by atoms with E-state index in [1.807, 2.05) is 47.7 Å². The first kappa shape index (κ1) is 78.7. The van der Waals surface area contributed by atoms with Gasteiger partial charge in [-0.2, -0.15) is 0 Å². The Bertz CT molecular complexity index is 2610. The molecule has 0 aliphatic heterocycles. The fourth-order valence-electron chi connectivity index (χ4n) is 9.11. The Morgan fingerprint density at radius 2 is 0.575 bits per heavy atom. The molecule has 8 aromatic rings. The number of phenols is 1. The molecule has 0 saturated heterocycles. The Labute approximate surface area is 538 Å². The van der Waals surface area contributed by atoms with Gasteiger partial charge in [-0.25, -0.2) is 0 Å². The van der Waals surface area contributed by atoms with Gasteiger partial charge in [0.1, 0.15) is 17.2 Å². The normalized spacial score (nSPS) is 10.4. The Morgan fingerprint density at radius 1 is 0.287 bits per heavy atom. The minimum Gasteiger partial charge on any atom is -0.508 e. The van der Waals surface area contributed by atoms with Gasteiger partial charge < -0.3 is 14.6 Å². The smallest absolute Gasteiger partial charge is 0.119 e. The van der Waals surface area contributed by atoms with Gasteiger partial charge in [-0.1, -0.05) is 273 Å². The maximum Gasteiger partial charge on any atom is 0.119 e. The van der Waals surface area contributed by atoms with Crippen molar-refractivity contribution in [1.82, 2.24) is 0 Å². The number of ether oxygens (including phenoxy) is 2. The molecule has 0 radical (unpaired) electrons. The highest BCUT2D eigenvalue weighted by Gasteiger charge is 2.02. The molecule has 476 valence electrons. The number of benzene rings is 7. The average molecular weight is 1200 g/mol. The zero-order valence-corrected chi connectivity index (χ0v) is 59.2. The van der Waals surface area contributed by atoms with Crippen LogP contribution in [-0.2, 0) is 51.4 Å². The zero-order chi connectivity index (χ0) is 65.1. The summed E-state index contributed by atoms with van der Waals surface area (Å²) in [4.78, 5) is 1.50. The van der Waals surface area contributed by atoms with E-state index in [1.165, 1.54) is 92.6 Å². The number of thiophene rings is 1.